The number of ether oxygens (including phenoxy) is 1. The van der Waals surface area contributed by atoms with Gasteiger partial charge in [0.25, 0.3) is 0 Å². The van der Waals surface area contributed by atoms with Crippen LogP contribution in [0.3, 0.4) is 0 Å². The van der Waals surface area contributed by atoms with E-state index in [4.69, 9.17) is 4.74 Å². The minimum absolute atomic E-state index is 0.465. The molecule has 0 radical (unpaired) electrons. The molecule has 0 aromatic carbocycles. The summed E-state index contributed by atoms with van der Waals surface area (Å²) in [5.41, 5.74) is 0. The molecule has 1 aromatic rings. The van der Waals surface area contributed by atoms with Crippen LogP contribution in [0.2, 0.25) is 0 Å². The Bertz CT molecular complexity index is 410. The van der Waals surface area contributed by atoms with Crippen molar-refractivity contribution in [1.29, 1.82) is 0 Å². The average molecular weight is 264 g/mol. The van der Waals surface area contributed by atoms with Crippen molar-refractivity contribution in [1.82, 2.24) is 9.97 Å². The summed E-state index contributed by atoms with van der Waals surface area (Å²) < 4.78 is 5.39. The van der Waals surface area contributed by atoms with Gasteiger partial charge < -0.3 is 15.4 Å². The monoisotopic (exact) mass is 264 g/mol. The van der Waals surface area contributed by atoms with Crippen LogP contribution in [0.4, 0.5) is 11.6 Å². The lowest BCUT2D eigenvalue weighted by Gasteiger charge is -2.10. The molecule has 106 valence electrons. The average Bonchev–Trinajstić information content (AvgIpc) is 3.15. The molecule has 2 atom stereocenters. The summed E-state index contributed by atoms with van der Waals surface area (Å²) in [6.07, 6.45) is 2.48. The number of hydrogen-bond donors (Lipinski definition) is 2. The van der Waals surface area contributed by atoms with E-state index in [0.29, 0.717) is 19.3 Å². The standard InChI is InChI=1S/C14H24N4O/c1-4-10-7-11(10)16-13-8-12(15-5-2)17-14(18-13)9-19-6-3/h8,10-11H,4-7,9H2,1-3H3,(H2,15,16,17,18). The number of anilines is 2. The molecule has 5 nitrogen and oxygen atoms in total. The van der Waals surface area contributed by atoms with E-state index in [-0.39, 0.29) is 0 Å². The molecule has 1 heterocycles. The van der Waals surface area contributed by atoms with E-state index in [1.807, 2.05) is 13.0 Å². The van der Waals surface area contributed by atoms with Gasteiger partial charge in [-0.2, -0.15) is 0 Å². The largest absolute Gasteiger partial charge is 0.374 e. The Balaban J connectivity index is 2.05. The molecular formula is C14H24N4O. The Morgan fingerprint density at radius 2 is 2.05 bits per heavy atom. The lowest BCUT2D eigenvalue weighted by Crippen LogP contribution is -2.11. The van der Waals surface area contributed by atoms with Crippen molar-refractivity contribution in [3.63, 3.8) is 0 Å². The van der Waals surface area contributed by atoms with Gasteiger partial charge in [-0.15, -0.1) is 0 Å². The van der Waals surface area contributed by atoms with Crippen LogP contribution in [0.15, 0.2) is 6.07 Å². The first-order chi connectivity index (χ1) is 9.26. The zero-order chi connectivity index (χ0) is 13.7. The van der Waals surface area contributed by atoms with E-state index in [1.54, 1.807) is 0 Å². The van der Waals surface area contributed by atoms with Gasteiger partial charge in [-0.1, -0.05) is 13.3 Å². The zero-order valence-corrected chi connectivity index (χ0v) is 12.1. The normalized spacial score (nSPS) is 21.2. The lowest BCUT2D eigenvalue weighted by molar-refractivity contribution is 0.128. The molecule has 5 heteroatoms. The van der Waals surface area contributed by atoms with Crippen molar-refractivity contribution >= 4 is 11.6 Å². The smallest absolute Gasteiger partial charge is 0.158 e. The molecule has 2 unspecified atom stereocenters. The fourth-order valence-electron chi connectivity index (χ4n) is 2.17. The zero-order valence-electron chi connectivity index (χ0n) is 12.1. The molecule has 0 aliphatic heterocycles. The molecular weight excluding hydrogens is 240 g/mol. The van der Waals surface area contributed by atoms with Crippen LogP contribution in [0.5, 0.6) is 0 Å². The molecule has 0 spiro atoms. The molecule has 1 aliphatic rings. The summed E-state index contributed by atoms with van der Waals surface area (Å²) >= 11 is 0. The van der Waals surface area contributed by atoms with E-state index in [2.05, 4.69) is 34.4 Å². The minimum Gasteiger partial charge on any atom is -0.374 e. The lowest BCUT2D eigenvalue weighted by atomic mass is 10.3. The molecule has 1 fully saturated rings. The van der Waals surface area contributed by atoms with Crippen LogP contribution in [0.25, 0.3) is 0 Å². The highest BCUT2D eigenvalue weighted by atomic mass is 16.5. The highest BCUT2D eigenvalue weighted by Crippen LogP contribution is 2.35. The van der Waals surface area contributed by atoms with Gasteiger partial charge in [-0.25, -0.2) is 9.97 Å². The molecule has 2 rings (SSSR count). The second-order valence-electron chi connectivity index (χ2n) is 4.88. The first kappa shape index (κ1) is 14.1. The molecule has 1 saturated carbocycles. The highest BCUT2D eigenvalue weighted by molar-refractivity contribution is 5.48. The van der Waals surface area contributed by atoms with Crippen LogP contribution in [-0.2, 0) is 11.3 Å². The summed E-state index contributed by atoms with van der Waals surface area (Å²) in [6, 6.07) is 2.55. The number of nitrogens with one attached hydrogen (secondary N) is 2. The number of nitrogens with zero attached hydrogens (tertiary/aromatic N) is 2. The molecule has 2 N–H and O–H groups in total. The molecule has 19 heavy (non-hydrogen) atoms. The molecule has 0 bridgehead atoms. The SMILES string of the molecule is CCNc1cc(NC2CC2CC)nc(COCC)n1. The maximum Gasteiger partial charge on any atom is 0.158 e. The van der Waals surface area contributed by atoms with Gasteiger partial charge in [-0.05, 0) is 26.2 Å². The molecule has 0 amide bonds. The third-order valence-electron chi connectivity index (χ3n) is 3.35. The predicted octanol–water partition coefficient (Wildman–Crippen LogP) is 2.66. The first-order valence-electron chi connectivity index (χ1n) is 7.22. The summed E-state index contributed by atoms with van der Waals surface area (Å²) in [5, 5.41) is 6.72. The van der Waals surface area contributed by atoms with Crippen molar-refractivity contribution in [2.24, 2.45) is 5.92 Å². The van der Waals surface area contributed by atoms with Crippen molar-refractivity contribution in [3.8, 4) is 0 Å². The summed E-state index contributed by atoms with van der Waals surface area (Å²) in [4.78, 5) is 8.96. The molecule has 1 aromatic heterocycles. The van der Waals surface area contributed by atoms with E-state index < -0.39 is 0 Å². The summed E-state index contributed by atoms with van der Waals surface area (Å²) in [5.74, 6) is 3.30. The maximum atomic E-state index is 5.39. The third-order valence-corrected chi connectivity index (χ3v) is 3.35. The molecule has 0 saturated heterocycles. The first-order valence-corrected chi connectivity index (χ1v) is 7.22. The second-order valence-corrected chi connectivity index (χ2v) is 4.88. The third kappa shape index (κ3) is 4.06. The predicted molar refractivity (Wildman–Crippen MR) is 77.3 cm³/mol. The van der Waals surface area contributed by atoms with Crippen molar-refractivity contribution in [2.75, 3.05) is 23.8 Å². The molecule has 1 aliphatic carbocycles. The second kappa shape index (κ2) is 6.70. The Hall–Kier alpha value is -1.36. The van der Waals surface area contributed by atoms with Gasteiger partial charge in [0.05, 0.1) is 0 Å². The Morgan fingerprint density at radius 1 is 1.26 bits per heavy atom. The van der Waals surface area contributed by atoms with E-state index >= 15 is 0 Å². The Kier molecular flexibility index (Phi) is 4.96. The van der Waals surface area contributed by atoms with E-state index in [0.717, 1.165) is 29.9 Å². The summed E-state index contributed by atoms with van der Waals surface area (Å²) in [7, 11) is 0. The number of rotatable bonds is 8. The van der Waals surface area contributed by atoms with Crippen molar-refractivity contribution in [2.45, 2.75) is 46.3 Å². The summed E-state index contributed by atoms with van der Waals surface area (Å²) in [6.45, 7) is 8.27. The highest BCUT2D eigenvalue weighted by Gasteiger charge is 2.35. The van der Waals surface area contributed by atoms with Crippen molar-refractivity contribution < 1.29 is 4.74 Å². The minimum atomic E-state index is 0.465. The van der Waals surface area contributed by atoms with Gasteiger partial charge in [0.1, 0.15) is 18.2 Å². The van der Waals surface area contributed by atoms with Crippen LogP contribution >= 0.6 is 0 Å². The van der Waals surface area contributed by atoms with Gasteiger partial charge in [0.15, 0.2) is 5.82 Å². The van der Waals surface area contributed by atoms with Gasteiger partial charge in [-0.3, -0.25) is 0 Å². The topological polar surface area (TPSA) is 59.1 Å². The Morgan fingerprint density at radius 3 is 2.68 bits per heavy atom. The van der Waals surface area contributed by atoms with Crippen LogP contribution in [0.1, 0.15) is 39.4 Å². The van der Waals surface area contributed by atoms with Crippen LogP contribution in [0, 0.1) is 5.92 Å². The van der Waals surface area contributed by atoms with Crippen molar-refractivity contribution in [3.05, 3.63) is 11.9 Å². The van der Waals surface area contributed by atoms with Gasteiger partial charge in [0, 0.05) is 25.3 Å². The van der Waals surface area contributed by atoms with E-state index in [1.165, 1.54) is 12.8 Å². The van der Waals surface area contributed by atoms with Gasteiger partial charge >= 0.3 is 0 Å². The van der Waals surface area contributed by atoms with Crippen LogP contribution in [-0.4, -0.2) is 29.2 Å². The quantitative estimate of drug-likeness (QED) is 0.756. The van der Waals surface area contributed by atoms with Gasteiger partial charge in [0.2, 0.25) is 0 Å². The van der Waals surface area contributed by atoms with Crippen LogP contribution < -0.4 is 10.6 Å². The maximum absolute atomic E-state index is 5.39. The fourth-order valence-corrected chi connectivity index (χ4v) is 2.17. The fraction of sp³-hybridized carbons (Fsp3) is 0.714. The number of hydrogen-bond acceptors (Lipinski definition) is 5. The number of aromatic nitrogens is 2. The van der Waals surface area contributed by atoms with E-state index in [9.17, 15) is 0 Å². The Labute approximate surface area is 115 Å².